The second kappa shape index (κ2) is 6.38. The van der Waals surface area contributed by atoms with Crippen LogP contribution in [0.3, 0.4) is 0 Å². The molecule has 0 aliphatic carbocycles. The summed E-state index contributed by atoms with van der Waals surface area (Å²) in [5.74, 6) is 1.10. The van der Waals surface area contributed by atoms with Gasteiger partial charge >= 0.3 is 5.97 Å². The first-order valence-corrected chi connectivity index (χ1v) is 6.67. The van der Waals surface area contributed by atoms with Gasteiger partial charge in [0.05, 0.1) is 7.11 Å². The molecule has 1 unspecified atom stereocenters. The SMILES string of the molecule is COC(=O)C(Br)c1cccc(Oc2ccccc2)c1. The Morgan fingerprint density at radius 1 is 1.05 bits per heavy atom. The number of alkyl halides is 1. The molecule has 0 spiro atoms. The number of halogens is 1. The molecule has 0 radical (unpaired) electrons. The number of para-hydroxylation sites is 1. The standard InChI is InChI=1S/C15H13BrO3/c1-18-15(17)14(16)11-6-5-9-13(10-11)19-12-7-3-2-4-8-12/h2-10,14H,1H3. The molecule has 0 N–H and O–H groups in total. The molecule has 2 aromatic carbocycles. The molecule has 0 aliphatic rings. The van der Waals surface area contributed by atoms with Crippen molar-refractivity contribution in [2.45, 2.75) is 4.83 Å². The molecule has 3 nitrogen and oxygen atoms in total. The Balaban J connectivity index is 2.18. The fourth-order valence-corrected chi connectivity index (χ4v) is 2.07. The van der Waals surface area contributed by atoms with Crippen LogP contribution in [0.2, 0.25) is 0 Å². The van der Waals surface area contributed by atoms with Crippen LogP contribution in [0, 0.1) is 0 Å². The maximum atomic E-state index is 11.5. The monoisotopic (exact) mass is 320 g/mol. The van der Waals surface area contributed by atoms with Gasteiger partial charge in [-0.05, 0) is 29.8 Å². The van der Waals surface area contributed by atoms with Crippen LogP contribution in [0.1, 0.15) is 10.4 Å². The predicted molar refractivity (Wildman–Crippen MR) is 76.6 cm³/mol. The van der Waals surface area contributed by atoms with E-state index in [1.807, 2.05) is 54.6 Å². The lowest BCUT2D eigenvalue weighted by Gasteiger charge is -2.10. The van der Waals surface area contributed by atoms with Crippen molar-refractivity contribution in [3.63, 3.8) is 0 Å². The Hall–Kier alpha value is -1.81. The van der Waals surface area contributed by atoms with Crippen LogP contribution in [0.25, 0.3) is 0 Å². The highest BCUT2D eigenvalue weighted by molar-refractivity contribution is 9.09. The highest BCUT2D eigenvalue weighted by Crippen LogP contribution is 2.29. The third-order valence-corrected chi connectivity index (χ3v) is 3.44. The van der Waals surface area contributed by atoms with Gasteiger partial charge in [0, 0.05) is 0 Å². The Kier molecular flexibility index (Phi) is 4.58. The van der Waals surface area contributed by atoms with E-state index in [1.165, 1.54) is 7.11 Å². The zero-order valence-corrected chi connectivity index (χ0v) is 12.0. The molecule has 2 rings (SSSR count). The Morgan fingerprint density at radius 2 is 1.74 bits per heavy atom. The number of hydrogen-bond acceptors (Lipinski definition) is 3. The van der Waals surface area contributed by atoms with Gasteiger partial charge in [-0.2, -0.15) is 0 Å². The Morgan fingerprint density at radius 3 is 2.42 bits per heavy atom. The first-order chi connectivity index (χ1) is 9.20. The quantitative estimate of drug-likeness (QED) is 0.628. The first-order valence-electron chi connectivity index (χ1n) is 5.75. The third kappa shape index (κ3) is 3.58. The van der Waals surface area contributed by atoms with Crippen molar-refractivity contribution in [2.75, 3.05) is 7.11 Å². The summed E-state index contributed by atoms with van der Waals surface area (Å²) in [6.45, 7) is 0. The smallest absolute Gasteiger partial charge is 0.324 e. The van der Waals surface area contributed by atoms with Crippen LogP contribution in [0.5, 0.6) is 11.5 Å². The molecule has 0 saturated carbocycles. The van der Waals surface area contributed by atoms with Crippen LogP contribution in [0.15, 0.2) is 54.6 Å². The second-order valence-electron chi connectivity index (χ2n) is 3.87. The van der Waals surface area contributed by atoms with E-state index in [0.29, 0.717) is 5.75 Å². The van der Waals surface area contributed by atoms with E-state index in [1.54, 1.807) is 0 Å². The molecule has 0 heterocycles. The number of ether oxygens (including phenoxy) is 2. The summed E-state index contributed by atoms with van der Waals surface area (Å²) in [7, 11) is 1.36. The third-order valence-electron chi connectivity index (χ3n) is 2.54. The van der Waals surface area contributed by atoms with Crippen molar-refractivity contribution in [3.8, 4) is 11.5 Å². The van der Waals surface area contributed by atoms with E-state index in [4.69, 9.17) is 9.47 Å². The maximum absolute atomic E-state index is 11.5. The maximum Gasteiger partial charge on any atom is 0.324 e. The number of benzene rings is 2. The lowest BCUT2D eigenvalue weighted by atomic mass is 10.1. The molecule has 4 heteroatoms. The number of esters is 1. The van der Waals surface area contributed by atoms with Crippen LogP contribution in [-0.4, -0.2) is 13.1 Å². The molecule has 0 aromatic heterocycles. The molecule has 0 amide bonds. The summed E-state index contributed by atoms with van der Waals surface area (Å²) in [5.41, 5.74) is 0.792. The van der Waals surface area contributed by atoms with Crippen molar-refractivity contribution < 1.29 is 14.3 Å². The van der Waals surface area contributed by atoms with Crippen LogP contribution in [0.4, 0.5) is 0 Å². The van der Waals surface area contributed by atoms with Crippen LogP contribution < -0.4 is 4.74 Å². The minimum absolute atomic E-state index is 0.336. The zero-order chi connectivity index (χ0) is 13.7. The number of carbonyl (C=O) groups excluding carboxylic acids is 1. The van der Waals surface area contributed by atoms with Gasteiger partial charge in [-0.25, -0.2) is 0 Å². The first kappa shape index (κ1) is 13.6. The lowest BCUT2D eigenvalue weighted by molar-refractivity contribution is -0.139. The van der Waals surface area contributed by atoms with Crippen molar-refractivity contribution in [1.82, 2.24) is 0 Å². The molecule has 0 bridgehead atoms. The second-order valence-corrected chi connectivity index (χ2v) is 4.79. The highest BCUT2D eigenvalue weighted by atomic mass is 79.9. The molecule has 19 heavy (non-hydrogen) atoms. The Labute approximate surface area is 120 Å². The normalized spacial score (nSPS) is 11.7. The zero-order valence-electron chi connectivity index (χ0n) is 10.4. The van der Waals surface area contributed by atoms with Gasteiger partial charge in [0.25, 0.3) is 0 Å². The minimum atomic E-state index is -0.489. The molecule has 2 aromatic rings. The van der Waals surface area contributed by atoms with Crippen molar-refractivity contribution in [1.29, 1.82) is 0 Å². The van der Waals surface area contributed by atoms with Crippen molar-refractivity contribution in [3.05, 3.63) is 60.2 Å². The summed E-state index contributed by atoms with van der Waals surface area (Å²) in [5, 5.41) is 0. The lowest BCUT2D eigenvalue weighted by Crippen LogP contribution is -2.08. The van der Waals surface area contributed by atoms with Crippen molar-refractivity contribution >= 4 is 21.9 Å². The van der Waals surface area contributed by atoms with E-state index >= 15 is 0 Å². The van der Waals surface area contributed by atoms with E-state index in [2.05, 4.69) is 15.9 Å². The number of methoxy groups -OCH3 is 1. The summed E-state index contributed by atoms with van der Waals surface area (Å²) in [6.07, 6.45) is 0. The average molecular weight is 321 g/mol. The van der Waals surface area contributed by atoms with Gasteiger partial charge in [-0.1, -0.05) is 46.3 Å². The Bertz CT molecular complexity index is 554. The number of carbonyl (C=O) groups is 1. The molecule has 0 saturated heterocycles. The van der Waals surface area contributed by atoms with Gasteiger partial charge in [-0.3, -0.25) is 4.79 Å². The molecule has 0 fully saturated rings. The van der Waals surface area contributed by atoms with Gasteiger partial charge in [-0.15, -0.1) is 0 Å². The number of rotatable bonds is 4. The van der Waals surface area contributed by atoms with Gasteiger partial charge < -0.3 is 9.47 Å². The molecule has 98 valence electrons. The fourth-order valence-electron chi connectivity index (χ4n) is 1.60. The van der Waals surface area contributed by atoms with Crippen LogP contribution in [-0.2, 0) is 9.53 Å². The molecule has 1 atom stereocenters. The topological polar surface area (TPSA) is 35.5 Å². The predicted octanol–water partition coefficient (Wildman–Crippen LogP) is 4.09. The van der Waals surface area contributed by atoms with Gasteiger partial charge in [0.2, 0.25) is 0 Å². The number of hydrogen-bond donors (Lipinski definition) is 0. The summed E-state index contributed by atoms with van der Waals surface area (Å²) in [6, 6.07) is 16.8. The summed E-state index contributed by atoms with van der Waals surface area (Å²) >= 11 is 3.30. The van der Waals surface area contributed by atoms with Gasteiger partial charge in [0.1, 0.15) is 16.3 Å². The van der Waals surface area contributed by atoms with Crippen molar-refractivity contribution in [2.24, 2.45) is 0 Å². The van der Waals surface area contributed by atoms with E-state index < -0.39 is 4.83 Å². The summed E-state index contributed by atoms with van der Waals surface area (Å²) in [4.78, 5) is 11.0. The largest absolute Gasteiger partial charge is 0.468 e. The summed E-state index contributed by atoms with van der Waals surface area (Å²) < 4.78 is 10.4. The molecular weight excluding hydrogens is 308 g/mol. The fraction of sp³-hybridized carbons (Fsp3) is 0.133. The van der Waals surface area contributed by atoms with Crippen LogP contribution >= 0.6 is 15.9 Å². The minimum Gasteiger partial charge on any atom is -0.468 e. The highest BCUT2D eigenvalue weighted by Gasteiger charge is 2.17. The van der Waals surface area contributed by atoms with E-state index in [0.717, 1.165) is 11.3 Å². The molecule has 0 aliphatic heterocycles. The van der Waals surface area contributed by atoms with Gasteiger partial charge in [0.15, 0.2) is 0 Å². The van der Waals surface area contributed by atoms with E-state index in [9.17, 15) is 4.79 Å². The van der Waals surface area contributed by atoms with E-state index in [-0.39, 0.29) is 5.97 Å². The molecular formula is C15H13BrO3. The average Bonchev–Trinajstić information content (AvgIpc) is 2.47.